The van der Waals surface area contributed by atoms with Gasteiger partial charge in [-0.25, -0.2) is 9.59 Å². The van der Waals surface area contributed by atoms with E-state index in [0.717, 1.165) is 10.5 Å². The number of allylic oxidation sites excluding steroid dienone is 3. The van der Waals surface area contributed by atoms with E-state index in [1.54, 1.807) is 39.0 Å². The van der Waals surface area contributed by atoms with Crippen LogP contribution in [-0.2, 0) is 39.6 Å². The van der Waals surface area contributed by atoms with E-state index in [1.807, 2.05) is 0 Å². The predicted molar refractivity (Wildman–Crippen MR) is 186 cm³/mol. The molecule has 294 valence electrons. The lowest BCUT2D eigenvalue weighted by Gasteiger charge is -2.46. The third-order valence-corrected chi connectivity index (χ3v) is 10.7. The fourth-order valence-corrected chi connectivity index (χ4v) is 7.59. The van der Waals surface area contributed by atoms with Gasteiger partial charge in [0.1, 0.15) is 59.1 Å². The lowest BCUT2D eigenvalue weighted by molar-refractivity contribution is -0.235. The number of aliphatic hydroxyl groups is 4. The molecule has 53 heavy (non-hydrogen) atoms. The third kappa shape index (κ3) is 8.13. The van der Waals surface area contributed by atoms with Crippen LogP contribution in [0.2, 0.25) is 5.02 Å². The number of amides is 3. The summed E-state index contributed by atoms with van der Waals surface area (Å²) in [7, 11) is 3.94. The first kappa shape index (κ1) is 40.7. The van der Waals surface area contributed by atoms with Crippen LogP contribution in [0.25, 0.3) is 0 Å². The number of phenols is 1. The lowest BCUT2D eigenvalue weighted by Crippen LogP contribution is -2.65. The standard InChI is InChI=1S/C35H48ClN3O14/c1-16-8-7-9-23(48-5)35(47)14-21(51-33(46)38-35)17(2)30-34(3,53-30)24(52-32(45)37-4)13-25(42)39(19-11-18(10-16)12-20(41)26(19)36)31-28(44)29(49-6)27(43)22(15-40)50-31/h7-9,11-12,17,21-24,27-31,40-41,43-44,47H,10,13-15H2,1-6H3,(H,37,45)(H,38,46)/b9-7+,16-8+/t17-,21+,22+,23-,24+,27+,28+,29-,30+,31+,34+,35+/m1/s1. The summed E-state index contributed by atoms with van der Waals surface area (Å²) in [5.74, 6) is -1.86. The number of epoxide rings is 1. The molecule has 4 heterocycles. The van der Waals surface area contributed by atoms with Gasteiger partial charge in [0, 0.05) is 33.6 Å². The van der Waals surface area contributed by atoms with E-state index >= 15 is 0 Å². The summed E-state index contributed by atoms with van der Waals surface area (Å²) >= 11 is 6.68. The highest BCUT2D eigenvalue weighted by Crippen LogP contribution is 2.49. The number of aromatic hydroxyl groups is 1. The average molecular weight is 770 g/mol. The predicted octanol–water partition coefficient (Wildman–Crippen LogP) is 1.00. The van der Waals surface area contributed by atoms with Crippen LogP contribution in [0.1, 0.15) is 39.2 Å². The summed E-state index contributed by atoms with van der Waals surface area (Å²) < 4.78 is 34.4. The molecule has 3 saturated heterocycles. The van der Waals surface area contributed by atoms with Crippen molar-refractivity contribution in [3.8, 4) is 5.75 Å². The molecule has 0 spiro atoms. The maximum Gasteiger partial charge on any atom is 0.409 e. The number of fused-ring (bicyclic) bond motifs is 5. The number of rotatable bonds is 5. The van der Waals surface area contributed by atoms with Gasteiger partial charge >= 0.3 is 12.2 Å². The molecular formula is C35H48ClN3O14. The second-order valence-electron chi connectivity index (χ2n) is 14.0. The van der Waals surface area contributed by atoms with Gasteiger partial charge in [0.05, 0.1) is 24.8 Å². The van der Waals surface area contributed by atoms with Crippen LogP contribution in [0.5, 0.6) is 5.75 Å². The fourth-order valence-electron chi connectivity index (χ4n) is 7.39. The number of hydrogen-bond acceptors (Lipinski definition) is 14. The molecule has 1 aromatic rings. The van der Waals surface area contributed by atoms with Gasteiger partial charge in [-0.05, 0) is 38.0 Å². The molecule has 1 aromatic carbocycles. The van der Waals surface area contributed by atoms with Crippen LogP contribution in [0.3, 0.4) is 0 Å². The maximum atomic E-state index is 14.7. The second-order valence-corrected chi connectivity index (χ2v) is 14.4. The fraction of sp³-hybridized carbons (Fsp3) is 0.629. The molecule has 4 aliphatic rings. The monoisotopic (exact) mass is 769 g/mol. The first-order valence-corrected chi connectivity index (χ1v) is 17.5. The highest BCUT2D eigenvalue weighted by Gasteiger charge is 2.65. The van der Waals surface area contributed by atoms with Crippen molar-refractivity contribution < 1.29 is 68.3 Å². The number of nitrogens with zero attached hydrogens (tertiary/aromatic N) is 1. The van der Waals surface area contributed by atoms with Crippen molar-refractivity contribution in [1.82, 2.24) is 10.6 Å². The molecular weight excluding hydrogens is 722 g/mol. The summed E-state index contributed by atoms with van der Waals surface area (Å²) in [5, 5.41) is 59.6. The number of aliphatic hydroxyl groups excluding tert-OH is 3. The third-order valence-electron chi connectivity index (χ3n) is 10.4. The Morgan fingerprint density at radius 1 is 1.19 bits per heavy atom. The highest BCUT2D eigenvalue weighted by atomic mass is 35.5. The smallest absolute Gasteiger partial charge is 0.409 e. The minimum Gasteiger partial charge on any atom is -0.506 e. The second kappa shape index (κ2) is 16.1. The van der Waals surface area contributed by atoms with Gasteiger partial charge in [-0.15, -0.1) is 0 Å². The SMILES string of the molecule is CNC(=O)O[C@H]1CC(=O)N([C@H]2O[C@@H](CO)[C@H](O)[C@@H](OC)[C@@H]2O)c2cc(cc(O)c2Cl)C/C(C)=C/C=C/[C@@H](OC)[C@@]2(O)C[C@H](OC(=O)N2)[C@@H](C)[C@@H]2O[C@@]12C. The molecule has 0 unspecified atom stereocenters. The Morgan fingerprint density at radius 3 is 2.55 bits per heavy atom. The summed E-state index contributed by atoms with van der Waals surface area (Å²) in [6, 6.07) is 2.91. The number of anilines is 1. The Kier molecular flexibility index (Phi) is 12.3. The number of hydrogen-bond donors (Lipinski definition) is 7. The number of alkyl carbamates (subject to hydrolysis) is 2. The van der Waals surface area contributed by atoms with Crippen molar-refractivity contribution in [2.45, 2.75) is 106 Å². The van der Waals surface area contributed by atoms with Crippen molar-refractivity contribution in [3.63, 3.8) is 0 Å². The van der Waals surface area contributed by atoms with Gasteiger partial charge < -0.3 is 59.3 Å². The summed E-state index contributed by atoms with van der Waals surface area (Å²) in [6.45, 7) is 4.42. The number of phenolic OH excluding ortho intramolecular Hbond substituents is 1. The molecule has 0 saturated carbocycles. The number of carbonyl (C=O) groups excluding carboxylic acids is 3. The Bertz CT molecular complexity index is 1610. The summed E-state index contributed by atoms with van der Waals surface area (Å²) in [6.07, 6.45) is -8.88. The molecule has 3 amide bonds. The summed E-state index contributed by atoms with van der Waals surface area (Å²) in [4.78, 5) is 41.2. The lowest BCUT2D eigenvalue weighted by atomic mass is 9.83. The minimum absolute atomic E-state index is 0.0983. The van der Waals surface area contributed by atoms with E-state index in [4.69, 9.17) is 40.0 Å². The van der Waals surface area contributed by atoms with E-state index in [1.165, 1.54) is 33.4 Å². The van der Waals surface area contributed by atoms with Gasteiger partial charge in [0.15, 0.2) is 12.0 Å². The minimum atomic E-state index is -1.89. The van der Waals surface area contributed by atoms with Crippen LogP contribution in [0, 0.1) is 5.92 Å². The van der Waals surface area contributed by atoms with Crippen molar-refractivity contribution in [2.75, 3.05) is 32.8 Å². The van der Waals surface area contributed by atoms with Crippen molar-refractivity contribution >= 4 is 35.4 Å². The first-order valence-electron chi connectivity index (χ1n) is 17.1. The molecule has 17 nitrogen and oxygen atoms in total. The van der Waals surface area contributed by atoms with Gasteiger partial charge in [-0.1, -0.05) is 42.3 Å². The quantitative estimate of drug-likeness (QED) is 0.207. The molecule has 4 bridgehead atoms. The van der Waals surface area contributed by atoms with E-state index in [2.05, 4.69) is 10.6 Å². The zero-order chi connectivity index (χ0) is 39.0. The van der Waals surface area contributed by atoms with Gasteiger partial charge in [-0.3, -0.25) is 15.0 Å². The number of methoxy groups -OCH3 is 2. The van der Waals surface area contributed by atoms with Crippen LogP contribution in [0.15, 0.2) is 35.9 Å². The van der Waals surface area contributed by atoms with Gasteiger partial charge in [0.2, 0.25) is 5.91 Å². The number of nitrogens with one attached hydrogen (secondary N) is 2. The van der Waals surface area contributed by atoms with Crippen LogP contribution < -0.4 is 15.5 Å². The van der Waals surface area contributed by atoms with E-state index in [9.17, 15) is 39.9 Å². The molecule has 12 atom stereocenters. The van der Waals surface area contributed by atoms with Crippen LogP contribution in [0.4, 0.5) is 15.3 Å². The molecule has 7 N–H and O–H groups in total. The van der Waals surface area contributed by atoms with Crippen molar-refractivity contribution in [1.29, 1.82) is 0 Å². The normalized spacial score (nSPS) is 39.5. The van der Waals surface area contributed by atoms with Crippen molar-refractivity contribution in [2.24, 2.45) is 5.92 Å². The van der Waals surface area contributed by atoms with Crippen LogP contribution >= 0.6 is 11.6 Å². The molecule has 3 fully saturated rings. The van der Waals surface area contributed by atoms with E-state index in [-0.39, 0.29) is 23.6 Å². The van der Waals surface area contributed by atoms with Crippen molar-refractivity contribution in [3.05, 3.63) is 46.5 Å². The summed E-state index contributed by atoms with van der Waals surface area (Å²) in [5.41, 5.74) is -2.12. The van der Waals surface area contributed by atoms with Gasteiger partial charge in [0.25, 0.3) is 0 Å². The van der Waals surface area contributed by atoms with E-state index < -0.39 is 109 Å². The molecule has 5 rings (SSSR count). The zero-order valence-electron chi connectivity index (χ0n) is 30.2. The Labute approximate surface area is 311 Å². The Morgan fingerprint density at radius 2 is 1.91 bits per heavy atom. The Balaban J connectivity index is 1.67. The largest absolute Gasteiger partial charge is 0.506 e. The maximum absolute atomic E-state index is 14.7. The topological polar surface area (TPSA) is 238 Å². The number of carbonyl (C=O) groups is 3. The average Bonchev–Trinajstić information content (AvgIpc) is 3.80. The van der Waals surface area contributed by atoms with E-state index in [0.29, 0.717) is 5.56 Å². The highest BCUT2D eigenvalue weighted by molar-refractivity contribution is 6.35. The molecule has 0 aliphatic carbocycles. The number of benzene rings is 1. The zero-order valence-corrected chi connectivity index (χ0v) is 31.0. The van der Waals surface area contributed by atoms with Crippen LogP contribution in [-0.4, -0.2) is 138 Å². The number of ether oxygens (including phenoxy) is 6. The Hall–Kier alpha value is -3.52. The molecule has 18 heteroatoms. The molecule has 0 aromatic heterocycles. The molecule has 0 radical (unpaired) electrons. The first-order chi connectivity index (χ1) is 25.0. The number of halogens is 1. The van der Waals surface area contributed by atoms with Gasteiger partial charge in [-0.2, -0.15) is 0 Å². The molecule has 4 aliphatic heterocycles.